The van der Waals surface area contributed by atoms with Gasteiger partial charge in [0.15, 0.2) is 0 Å². The molecule has 2 N–H and O–H groups in total. The lowest BCUT2D eigenvalue weighted by Crippen LogP contribution is -2.20. The molecule has 2 atom stereocenters. The largest absolute Gasteiger partial charge is 0.387 e. The van der Waals surface area contributed by atoms with E-state index < -0.39 is 11.7 Å². The molecule has 0 radical (unpaired) electrons. The number of rotatable bonds is 2. The maximum Gasteiger partial charge on any atom is 0.119 e. The lowest BCUT2D eigenvalue weighted by atomic mass is 9.97. The van der Waals surface area contributed by atoms with Crippen LogP contribution in [-0.4, -0.2) is 21.9 Å². The molecule has 0 fully saturated rings. The van der Waals surface area contributed by atoms with Crippen LogP contribution in [0.15, 0.2) is 11.6 Å². The Morgan fingerprint density at radius 2 is 1.93 bits per heavy atom. The molecule has 0 aliphatic rings. The molecule has 0 rings (SSSR count). The van der Waals surface area contributed by atoms with Gasteiger partial charge in [-0.1, -0.05) is 17.9 Å². The average Bonchev–Trinajstić information content (AvgIpc) is 2.10. The van der Waals surface area contributed by atoms with Gasteiger partial charge in [-0.05, 0) is 40.2 Å². The van der Waals surface area contributed by atoms with Crippen LogP contribution < -0.4 is 0 Å². The van der Waals surface area contributed by atoms with E-state index in [2.05, 4.69) is 11.8 Å². The fourth-order valence-electron chi connectivity index (χ4n) is 0.934. The molecule has 0 aliphatic heterocycles. The first-order valence-electron chi connectivity index (χ1n) is 4.84. The molecule has 0 amide bonds. The molecular weight excluding hydrogens is 176 g/mol. The normalized spacial score (nSPS) is 16.9. The molecule has 80 valence electrons. The van der Waals surface area contributed by atoms with Gasteiger partial charge in [-0.15, -0.1) is 0 Å². The molecule has 2 heteroatoms. The summed E-state index contributed by atoms with van der Waals surface area (Å²) in [6.45, 7) is 8.85. The zero-order chi connectivity index (χ0) is 11.4. The first-order chi connectivity index (χ1) is 6.28. The summed E-state index contributed by atoms with van der Waals surface area (Å²) in [5, 5.41) is 19.1. The molecule has 0 spiro atoms. The number of aliphatic hydroxyl groups excluding tert-OH is 1. The van der Waals surface area contributed by atoms with E-state index in [4.69, 9.17) is 0 Å². The maximum atomic E-state index is 9.73. The summed E-state index contributed by atoms with van der Waals surface area (Å²) in [5.74, 6) is 5.39. The third-order valence-electron chi connectivity index (χ3n) is 2.00. The highest BCUT2D eigenvalue weighted by Gasteiger charge is 2.14. The van der Waals surface area contributed by atoms with Crippen molar-refractivity contribution < 1.29 is 10.2 Å². The Hall–Kier alpha value is -0.780. The van der Waals surface area contributed by atoms with Crippen molar-refractivity contribution in [2.24, 2.45) is 5.92 Å². The van der Waals surface area contributed by atoms with Crippen molar-refractivity contribution in [2.45, 2.75) is 46.3 Å². The second kappa shape index (κ2) is 5.19. The Labute approximate surface area is 86.7 Å². The average molecular weight is 196 g/mol. The van der Waals surface area contributed by atoms with Crippen LogP contribution in [0.3, 0.4) is 0 Å². The SMILES string of the molecule is C/C=C(\C)C(O)C(C)C#CC(C)(C)O. The lowest BCUT2D eigenvalue weighted by Gasteiger charge is -2.15. The summed E-state index contributed by atoms with van der Waals surface area (Å²) in [5.41, 5.74) is -0.0831. The Kier molecular flexibility index (Phi) is 4.90. The van der Waals surface area contributed by atoms with Crippen LogP contribution in [0.25, 0.3) is 0 Å². The van der Waals surface area contributed by atoms with E-state index >= 15 is 0 Å². The maximum absolute atomic E-state index is 9.73. The first-order valence-corrected chi connectivity index (χ1v) is 4.84. The molecule has 0 aromatic rings. The molecule has 14 heavy (non-hydrogen) atoms. The van der Waals surface area contributed by atoms with E-state index in [9.17, 15) is 10.2 Å². The zero-order valence-corrected chi connectivity index (χ0v) is 9.63. The summed E-state index contributed by atoms with van der Waals surface area (Å²) >= 11 is 0. The minimum atomic E-state index is -0.988. The van der Waals surface area contributed by atoms with Gasteiger partial charge >= 0.3 is 0 Å². The predicted octanol–water partition coefficient (Wildman–Crippen LogP) is 1.72. The van der Waals surface area contributed by atoms with Gasteiger partial charge in [0.25, 0.3) is 0 Å². The number of allylic oxidation sites excluding steroid dienone is 1. The van der Waals surface area contributed by atoms with Gasteiger partial charge in [-0.3, -0.25) is 0 Å². The minimum Gasteiger partial charge on any atom is -0.387 e. The molecular formula is C12H20O2. The van der Waals surface area contributed by atoms with Crippen molar-refractivity contribution in [3.63, 3.8) is 0 Å². The van der Waals surface area contributed by atoms with Crippen molar-refractivity contribution in [1.82, 2.24) is 0 Å². The van der Waals surface area contributed by atoms with E-state index in [1.807, 2.05) is 26.8 Å². The third kappa shape index (κ3) is 5.06. The molecule has 2 unspecified atom stereocenters. The molecule has 0 aromatic carbocycles. The van der Waals surface area contributed by atoms with Crippen LogP contribution >= 0.6 is 0 Å². The van der Waals surface area contributed by atoms with Gasteiger partial charge in [-0.2, -0.15) is 0 Å². The van der Waals surface area contributed by atoms with Gasteiger partial charge in [0.2, 0.25) is 0 Å². The van der Waals surface area contributed by atoms with Gasteiger partial charge < -0.3 is 10.2 Å². The van der Waals surface area contributed by atoms with Crippen LogP contribution in [0.4, 0.5) is 0 Å². The highest BCUT2D eigenvalue weighted by atomic mass is 16.3. The monoisotopic (exact) mass is 196 g/mol. The minimum absolute atomic E-state index is 0.155. The first kappa shape index (κ1) is 13.2. The molecule has 0 saturated carbocycles. The van der Waals surface area contributed by atoms with Crippen molar-refractivity contribution in [1.29, 1.82) is 0 Å². The van der Waals surface area contributed by atoms with E-state index in [0.717, 1.165) is 5.57 Å². The van der Waals surface area contributed by atoms with Crippen molar-refractivity contribution >= 4 is 0 Å². The summed E-state index contributed by atoms with van der Waals surface area (Å²) < 4.78 is 0. The fraction of sp³-hybridized carbons (Fsp3) is 0.667. The van der Waals surface area contributed by atoms with Gasteiger partial charge in [0, 0.05) is 5.92 Å². The van der Waals surface area contributed by atoms with Gasteiger partial charge in [0.05, 0.1) is 6.10 Å². The second-order valence-corrected chi connectivity index (χ2v) is 4.09. The van der Waals surface area contributed by atoms with E-state index in [1.54, 1.807) is 13.8 Å². The summed E-state index contributed by atoms with van der Waals surface area (Å²) in [4.78, 5) is 0. The molecule has 0 bridgehead atoms. The number of hydrogen-bond donors (Lipinski definition) is 2. The predicted molar refractivity (Wildman–Crippen MR) is 58.7 cm³/mol. The molecule has 2 nitrogen and oxygen atoms in total. The van der Waals surface area contributed by atoms with Crippen LogP contribution in [0.5, 0.6) is 0 Å². The van der Waals surface area contributed by atoms with Crippen LogP contribution in [0.2, 0.25) is 0 Å². The Morgan fingerprint density at radius 3 is 2.29 bits per heavy atom. The summed E-state index contributed by atoms with van der Waals surface area (Å²) in [7, 11) is 0. The standard InChI is InChI=1S/C12H20O2/c1-6-9(2)11(13)10(3)7-8-12(4,5)14/h6,10-11,13-14H,1-5H3/b9-6+. The fourth-order valence-corrected chi connectivity index (χ4v) is 0.934. The van der Waals surface area contributed by atoms with Gasteiger partial charge in [-0.25, -0.2) is 0 Å². The molecule has 0 aliphatic carbocycles. The Balaban J connectivity index is 4.48. The zero-order valence-electron chi connectivity index (χ0n) is 9.63. The number of aliphatic hydroxyl groups is 2. The van der Waals surface area contributed by atoms with Crippen molar-refractivity contribution in [2.75, 3.05) is 0 Å². The lowest BCUT2D eigenvalue weighted by molar-refractivity contribution is 0.142. The van der Waals surface area contributed by atoms with Crippen LogP contribution in [0, 0.1) is 17.8 Å². The molecule has 0 heterocycles. The smallest absolute Gasteiger partial charge is 0.119 e. The highest BCUT2D eigenvalue weighted by Crippen LogP contribution is 2.11. The van der Waals surface area contributed by atoms with E-state index in [0.29, 0.717) is 0 Å². The topological polar surface area (TPSA) is 40.5 Å². The highest BCUT2D eigenvalue weighted by molar-refractivity contribution is 5.17. The van der Waals surface area contributed by atoms with E-state index in [1.165, 1.54) is 0 Å². The Bertz CT molecular complexity index is 260. The Morgan fingerprint density at radius 1 is 1.43 bits per heavy atom. The summed E-state index contributed by atoms with van der Waals surface area (Å²) in [6.07, 6.45) is 1.32. The third-order valence-corrected chi connectivity index (χ3v) is 2.00. The molecule has 0 aromatic heterocycles. The van der Waals surface area contributed by atoms with Crippen molar-refractivity contribution in [3.8, 4) is 11.8 Å². The van der Waals surface area contributed by atoms with E-state index in [-0.39, 0.29) is 5.92 Å². The van der Waals surface area contributed by atoms with Crippen LogP contribution in [-0.2, 0) is 0 Å². The summed E-state index contributed by atoms with van der Waals surface area (Å²) in [6, 6.07) is 0. The van der Waals surface area contributed by atoms with Crippen molar-refractivity contribution in [3.05, 3.63) is 11.6 Å². The molecule has 0 saturated heterocycles. The van der Waals surface area contributed by atoms with Crippen LogP contribution in [0.1, 0.15) is 34.6 Å². The number of hydrogen-bond acceptors (Lipinski definition) is 2. The van der Waals surface area contributed by atoms with Gasteiger partial charge in [0.1, 0.15) is 5.60 Å². The second-order valence-electron chi connectivity index (χ2n) is 4.09. The quantitative estimate of drug-likeness (QED) is 0.521.